The lowest BCUT2D eigenvalue weighted by molar-refractivity contribution is -0.118. The molecule has 10 heteroatoms. The number of alkyl carbamates (subject to hydrolysis) is 1. The third-order valence-corrected chi connectivity index (χ3v) is 5.73. The summed E-state index contributed by atoms with van der Waals surface area (Å²) in [5, 5.41) is 5.02. The molecule has 1 heterocycles. The minimum absolute atomic E-state index is 0.0423. The highest BCUT2D eigenvalue weighted by atomic mass is 16.5. The highest BCUT2D eigenvalue weighted by molar-refractivity contribution is 6.04. The van der Waals surface area contributed by atoms with Crippen LogP contribution >= 0.6 is 0 Å². The summed E-state index contributed by atoms with van der Waals surface area (Å²) in [7, 11) is 1.16. The Morgan fingerprint density at radius 2 is 1.59 bits per heavy atom. The second-order valence-corrected chi connectivity index (χ2v) is 9.33. The molecule has 1 unspecified atom stereocenters. The van der Waals surface area contributed by atoms with E-state index in [1.165, 1.54) is 0 Å². The molecule has 1 aromatic heterocycles. The number of carbonyl (C=O) groups is 4. The summed E-state index contributed by atoms with van der Waals surface area (Å²) in [6, 6.07) is 17.5. The van der Waals surface area contributed by atoms with Gasteiger partial charge in [0.05, 0.1) is 7.11 Å². The number of ether oxygens (including phenoxy) is 2. The van der Waals surface area contributed by atoms with Crippen LogP contribution in [0, 0.1) is 5.92 Å². The van der Waals surface area contributed by atoms with Gasteiger partial charge in [0, 0.05) is 6.42 Å². The zero-order valence-corrected chi connectivity index (χ0v) is 22.3. The molecule has 39 heavy (non-hydrogen) atoms. The van der Waals surface area contributed by atoms with Crippen molar-refractivity contribution in [3.63, 3.8) is 0 Å². The summed E-state index contributed by atoms with van der Waals surface area (Å²) >= 11 is 0. The molecule has 2 amide bonds. The van der Waals surface area contributed by atoms with Crippen molar-refractivity contribution >= 4 is 29.8 Å². The standard InChI is InChI=1S/C29H33N3O7/c1-19(2)17-22(30-29(36)38-18-21-13-8-5-9-14-21)26(34)32-28-31-24(27(35)37-3)25(39-28)23(33)16-10-15-20-11-6-4-7-12-20/h4-9,11-14,19,22H,10,15-18H2,1-3H3,(H,30,36)(H,31,32,34). The molecule has 10 nitrogen and oxygen atoms in total. The third kappa shape index (κ3) is 9.10. The van der Waals surface area contributed by atoms with Crippen LogP contribution in [0.4, 0.5) is 10.8 Å². The number of aromatic nitrogens is 1. The van der Waals surface area contributed by atoms with E-state index >= 15 is 0 Å². The fraction of sp³-hybridized carbons (Fsp3) is 0.345. The number of rotatable bonds is 13. The van der Waals surface area contributed by atoms with E-state index in [-0.39, 0.29) is 36.4 Å². The molecular weight excluding hydrogens is 502 g/mol. The Kier molecular flexibility index (Phi) is 10.8. The zero-order chi connectivity index (χ0) is 28.2. The number of carbonyl (C=O) groups excluding carboxylic acids is 4. The van der Waals surface area contributed by atoms with Crippen LogP contribution in [0.1, 0.15) is 65.3 Å². The molecule has 2 N–H and O–H groups in total. The van der Waals surface area contributed by atoms with Gasteiger partial charge in [0.25, 0.3) is 5.91 Å². The number of aryl methyl sites for hydroxylation is 1. The summed E-state index contributed by atoms with van der Waals surface area (Å²) < 4.78 is 15.5. The molecule has 1 atom stereocenters. The molecule has 0 spiro atoms. The maximum Gasteiger partial charge on any atom is 0.408 e. The monoisotopic (exact) mass is 535 g/mol. The normalized spacial score (nSPS) is 11.5. The molecule has 3 rings (SSSR count). The molecule has 0 bridgehead atoms. The SMILES string of the molecule is COC(=O)c1nc(NC(=O)C(CC(C)C)NC(=O)OCc2ccccc2)oc1C(=O)CCCc1ccccc1. The van der Waals surface area contributed by atoms with E-state index < -0.39 is 29.8 Å². The number of esters is 1. The lowest BCUT2D eigenvalue weighted by Gasteiger charge is -2.19. The van der Waals surface area contributed by atoms with Crippen molar-refractivity contribution in [1.82, 2.24) is 10.3 Å². The third-order valence-electron chi connectivity index (χ3n) is 5.73. The topological polar surface area (TPSA) is 137 Å². The molecule has 0 saturated heterocycles. The number of Topliss-reactive ketones (excluding diaryl/α,β-unsaturated/α-hetero) is 1. The van der Waals surface area contributed by atoms with E-state index in [2.05, 4.69) is 15.6 Å². The van der Waals surface area contributed by atoms with Crippen molar-refractivity contribution in [2.45, 2.75) is 52.2 Å². The van der Waals surface area contributed by atoms with Gasteiger partial charge in [-0.15, -0.1) is 0 Å². The van der Waals surface area contributed by atoms with Crippen molar-refractivity contribution in [2.75, 3.05) is 12.4 Å². The predicted molar refractivity (Wildman–Crippen MR) is 143 cm³/mol. The van der Waals surface area contributed by atoms with E-state index in [9.17, 15) is 19.2 Å². The number of hydrogen-bond donors (Lipinski definition) is 2. The van der Waals surface area contributed by atoms with E-state index in [4.69, 9.17) is 13.9 Å². The first-order valence-electron chi connectivity index (χ1n) is 12.7. The first-order chi connectivity index (χ1) is 18.8. The number of anilines is 1. The van der Waals surface area contributed by atoms with E-state index in [0.717, 1.165) is 18.2 Å². The lowest BCUT2D eigenvalue weighted by atomic mass is 10.0. The van der Waals surface area contributed by atoms with Crippen LogP contribution < -0.4 is 10.6 Å². The Balaban J connectivity index is 1.66. The van der Waals surface area contributed by atoms with Gasteiger partial charge in [-0.3, -0.25) is 14.9 Å². The van der Waals surface area contributed by atoms with Gasteiger partial charge in [0.2, 0.25) is 11.5 Å². The number of nitrogens with one attached hydrogen (secondary N) is 2. The van der Waals surface area contributed by atoms with Gasteiger partial charge in [-0.1, -0.05) is 74.5 Å². The van der Waals surface area contributed by atoms with Gasteiger partial charge in [0.1, 0.15) is 12.6 Å². The number of benzene rings is 2. The summed E-state index contributed by atoms with van der Waals surface area (Å²) in [6.07, 6.45) is 0.823. The van der Waals surface area contributed by atoms with Crippen LogP contribution in [-0.2, 0) is 27.3 Å². The van der Waals surface area contributed by atoms with Crippen molar-refractivity contribution in [3.05, 3.63) is 83.2 Å². The first kappa shape index (κ1) is 29.1. The van der Waals surface area contributed by atoms with Crippen LogP contribution in [0.5, 0.6) is 0 Å². The Bertz CT molecular complexity index is 1260. The Hall–Kier alpha value is -4.47. The molecule has 2 aromatic carbocycles. The lowest BCUT2D eigenvalue weighted by Crippen LogP contribution is -2.44. The smallest absolute Gasteiger partial charge is 0.408 e. The second kappa shape index (κ2) is 14.5. The molecule has 0 aliphatic heterocycles. The number of methoxy groups -OCH3 is 1. The quantitative estimate of drug-likeness (QED) is 0.232. The zero-order valence-electron chi connectivity index (χ0n) is 22.3. The fourth-order valence-electron chi connectivity index (χ4n) is 3.81. The van der Waals surface area contributed by atoms with Gasteiger partial charge in [-0.25, -0.2) is 9.59 Å². The van der Waals surface area contributed by atoms with E-state index in [0.29, 0.717) is 19.3 Å². The van der Waals surface area contributed by atoms with Crippen molar-refractivity contribution < 1.29 is 33.1 Å². The van der Waals surface area contributed by atoms with Crippen LogP contribution in [0.2, 0.25) is 0 Å². The highest BCUT2D eigenvalue weighted by Crippen LogP contribution is 2.20. The van der Waals surface area contributed by atoms with Crippen molar-refractivity contribution in [3.8, 4) is 0 Å². The van der Waals surface area contributed by atoms with Crippen molar-refractivity contribution in [2.24, 2.45) is 5.92 Å². The Labute approximate surface area is 227 Å². The van der Waals surface area contributed by atoms with E-state index in [1.54, 1.807) is 0 Å². The number of amides is 2. The average molecular weight is 536 g/mol. The molecule has 0 aliphatic carbocycles. The molecule has 0 aliphatic rings. The molecular formula is C29H33N3O7. The van der Waals surface area contributed by atoms with Gasteiger partial charge in [-0.05, 0) is 36.3 Å². The summed E-state index contributed by atoms with van der Waals surface area (Å²) in [5.41, 5.74) is 1.55. The minimum atomic E-state index is -0.980. The second-order valence-electron chi connectivity index (χ2n) is 9.33. The van der Waals surface area contributed by atoms with Crippen LogP contribution in [0.3, 0.4) is 0 Å². The Morgan fingerprint density at radius 3 is 2.21 bits per heavy atom. The van der Waals surface area contributed by atoms with Gasteiger partial charge >= 0.3 is 18.1 Å². The first-order valence-corrected chi connectivity index (χ1v) is 12.7. The van der Waals surface area contributed by atoms with Gasteiger partial charge < -0.3 is 19.2 Å². The molecule has 3 aromatic rings. The van der Waals surface area contributed by atoms with Crippen LogP contribution in [0.25, 0.3) is 0 Å². The maximum atomic E-state index is 13.0. The predicted octanol–water partition coefficient (Wildman–Crippen LogP) is 4.95. The van der Waals surface area contributed by atoms with Crippen LogP contribution in [0.15, 0.2) is 65.1 Å². The van der Waals surface area contributed by atoms with E-state index in [1.807, 2.05) is 74.5 Å². The summed E-state index contributed by atoms with van der Waals surface area (Å²) in [5.74, 6) is -2.19. The molecule has 206 valence electrons. The molecule has 0 fully saturated rings. The average Bonchev–Trinajstić information content (AvgIpc) is 3.36. The largest absolute Gasteiger partial charge is 0.464 e. The summed E-state index contributed by atoms with van der Waals surface area (Å²) in [4.78, 5) is 54.5. The minimum Gasteiger partial charge on any atom is -0.464 e. The maximum absolute atomic E-state index is 13.0. The van der Waals surface area contributed by atoms with Crippen molar-refractivity contribution in [1.29, 1.82) is 0 Å². The van der Waals surface area contributed by atoms with Gasteiger partial charge in [-0.2, -0.15) is 4.98 Å². The Morgan fingerprint density at radius 1 is 0.949 bits per heavy atom. The molecule has 0 saturated carbocycles. The number of oxazole rings is 1. The number of hydrogen-bond acceptors (Lipinski definition) is 8. The summed E-state index contributed by atoms with van der Waals surface area (Å²) in [6.45, 7) is 3.83. The number of nitrogens with zero attached hydrogens (tertiary/aromatic N) is 1. The van der Waals surface area contributed by atoms with Gasteiger partial charge in [0.15, 0.2) is 5.69 Å². The highest BCUT2D eigenvalue weighted by Gasteiger charge is 2.29. The number of ketones is 1. The van der Waals surface area contributed by atoms with Crippen LogP contribution in [-0.4, -0.2) is 41.9 Å². The molecule has 0 radical (unpaired) electrons. The fourth-order valence-corrected chi connectivity index (χ4v) is 3.81.